The van der Waals surface area contributed by atoms with Crippen LogP contribution >= 0.6 is 11.6 Å². The summed E-state index contributed by atoms with van der Waals surface area (Å²) in [5.41, 5.74) is 2.15. The van der Waals surface area contributed by atoms with Gasteiger partial charge in [-0.05, 0) is 31.0 Å². The van der Waals surface area contributed by atoms with Crippen LogP contribution in [0.2, 0.25) is 5.02 Å². The molecule has 5 heteroatoms. The van der Waals surface area contributed by atoms with E-state index in [0.29, 0.717) is 12.5 Å². The average molecular weight is 303 g/mol. The Bertz CT molecular complexity index is 596. The topological polar surface area (TPSA) is 49.8 Å². The Labute approximate surface area is 130 Å². The molecule has 21 heavy (non-hydrogen) atoms. The minimum Gasteiger partial charge on any atom is -0.366 e. The fraction of sp³-hybridized carbons (Fsp3) is 0.250. The number of hydrogen-bond acceptors (Lipinski definition) is 4. The molecule has 1 aromatic carbocycles. The van der Waals surface area contributed by atoms with E-state index in [2.05, 4.69) is 27.2 Å². The van der Waals surface area contributed by atoms with Crippen molar-refractivity contribution in [3.05, 3.63) is 59.3 Å². The van der Waals surface area contributed by atoms with Crippen molar-refractivity contribution in [1.82, 2.24) is 9.97 Å². The lowest BCUT2D eigenvalue weighted by Crippen LogP contribution is -2.10. The van der Waals surface area contributed by atoms with Crippen LogP contribution in [0.3, 0.4) is 0 Å². The van der Waals surface area contributed by atoms with Crippen molar-refractivity contribution in [1.29, 1.82) is 0 Å². The van der Waals surface area contributed by atoms with Crippen molar-refractivity contribution < 1.29 is 0 Å². The summed E-state index contributed by atoms with van der Waals surface area (Å²) in [6.45, 7) is 7.08. The Hall–Kier alpha value is -2.07. The molecule has 2 rings (SSSR count). The van der Waals surface area contributed by atoms with Crippen LogP contribution in [0.25, 0.3) is 0 Å². The molecule has 2 aromatic rings. The minimum absolute atomic E-state index is 0.635. The van der Waals surface area contributed by atoms with E-state index in [1.54, 1.807) is 6.08 Å². The van der Waals surface area contributed by atoms with Gasteiger partial charge in [-0.25, -0.2) is 4.98 Å². The average Bonchev–Trinajstić information content (AvgIpc) is 2.47. The summed E-state index contributed by atoms with van der Waals surface area (Å²) in [5.74, 6) is 1.44. The summed E-state index contributed by atoms with van der Waals surface area (Å²) in [6, 6.07) is 9.76. The summed E-state index contributed by atoms with van der Waals surface area (Å²) in [7, 11) is 0. The van der Waals surface area contributed by atoms with Gasteiger partial charge in [-0.3, -0.25) is 0 Å². The van der Waals surface area contributed by atoms with E-state index in [-0.39, 0.29) is 0 Å². The normalized spacial score (nSPS) is 10.2. The van der Waals surface area contributed by atoms with E-state index in [9.17, 15) is 0 Å². The first-order valence-corrected chi connectivity index (χ1v) is 7.24. The summed E-state index contributed by atoms with van der Waals surface area (Å²) in [6.07, 6.45) is 2.69. The van der Waals surface area contributed by atoms with Gasteiger partial charge in [-0.1, -0.05) is 29.8 Å². The molecule has 0 bridgehead atoms. The van der Waals surface area contributed by atoms with Crippen LogP contribution in [-0.4, -0.2) is 23.1 Å². The maximum absolute atomic E-state index is 5.87. The zero-order chi connectivity index (χ0) is 15.1. The summed E-state index contributed by atoms with van der Waals surface area (Å²) >= 11 is 5.87. The van der Waals surface area contributed by atoms with Gasteiger partial charge in [-0.2, -0.15) is 4.98 Å². The first-order valence-electron chi connectivity index (χ1n) is 6.86. The molecule has 0 saturated carbocycles. The Morgan fingerprint density at radius 1 is 1.19 bits per heavy atom. The highest BCUT2D eigenvalue weighted by molar-refractivity contribution is 6.30. The van der Waals surface area contributed by atoms with Crippen molar-refractivity contribution in [2.45, 2.75) is 13.3 Å². The molecule has 4 nitrogen and oxygen atoms in total. The van der Waals surface area contributed by atoms with Gasteiger partial charge in [0.05, 0.1) is 0 Å². The predicted octanol–water partition coefficient (Wildman–Crippen LogP) is 3.69. The number of halogens is 1. The lowest BCUT2D eigenvalue weighted by Gasteiger charge is -2.09. The van der Waals surface area contributed by atoms with Crippen LogP contribution in [0.15, 0.2) is 43.0 Å². The molecule has 0 fully saturated rings. The SMILES string of the molecule is C=CCNc1cc(C)nc(NCCc2ccc(Cl)cc2)n1. The number of nitrogens with zero attached hydrogens (tertiary/aromatic N) is 2. The molecule has 110 valence electrons. The second-order valence-corrected chi connectivity index (χ2v) is 5.13. The molecule has 0 aliphatic rings. The fourth-order valence-electron chi connectivity index (χ4n) is 1.88. The number of aryl methyl sites for hydroxylation is 1. The lowest BCUT2D eigenvalue weighted by molar-refractivity contribution is 0.974. The van der Waals surface area contributed by atoms with E-state index < -0.39 is 0 Å². The number of hydrogen-bond donors (Lipinski definition) is 2. The third kappa shape index (κ3) is 5.08. The summed E-state index contributed by atoms with van der Waals surface area (Å²) in [5, 5.41) is 7.17. The highest BCUT2D eigenvalue weighted by Crippen LogP contribution is 2.11. The summed E-state index contributed by atoms with van der Waals surface area (Å²) in [4.78, 5) is 8.79. The minimum atomic E-state index is 0.635. The largest absolute Gasteiger partial charge is 0.366 e. The molecule has 0 aliphatic heterocycles. The Balaban J connectivity index is 1.91. The van der Waals surface area contributed by atoms with Gasteiger partial charge in [0.1, 0.15) is 5.82 Å². The zero-order valence-corrected chi connectivity index (χ0v) is 12.8. The molecule has 2 N–H and O–H groups in total. The van der Waals surface area contributed by atoms with Crippen LogP contribution in [0, 0.1) is 6.92 Å². The molecule has 0 aliphatic carbocycles. The van der Waals surface area contributed by atoms with Gasteiger partial charge in [0.2, 0.25) is 5.95 Å². The maximum atomic E-state index is 5.87. The van der Waals surface area contributed by atoms with Gasteiger partial charge < -0.3 is 10.6 Å². The number of benzene rings is 1. The van der Waals surface area contributed by atoms with Crippen molar-refractivity contribution >= 4 is 23.4 Å². The van der Waals surface area contributed by atoms with Crippen molar-refractivity contribution in [2.75, 3.05) is 23.7 Å². The number of anilines is 2. The second-order valence-electron chi connectivity index (χ2n) is 4.69. The molecule has 0 spiro atoms. The maximum Gasteiger partial charge on any atom is 0.224 e. The highest BCUT2D eigenvalue weighted by Gasteiger charge is 2.01. The lowest BCUT2D eigenvalue weighted by atomic mass is 10.1. The molecule has 0 radical (unpaired) electrons. The van der Waals surface area contributed by atoms with Crippen LogP contribution in [0.1, 0.15) is 11.3 Å². The number of aromatic nitrogens is 2. The third-order valence-electron chi connectivity index (χ3n) is 2.89. The Morgan fingerprint density at radius 2 is 1.95 bits per heavy atom. The van der Waals surface area contributed by atoms with Gasteiger partial charge in [0, 0.05) is 29.9 Å². The zero-order valence-electron chi connectivity index (χ0n) is 12.1. The summed E-state index contributed by atoms with van der Waals surface area (Å²) < 4.78 is 0. The molecule has 1 aromatic heterocycles. The van der Waals surface area contributed by atoms with E-state index in [1.165, 1.54) is 5.56 Å². The first kappa shape index (κ1) is 15.3. The quantitative estimate of drug-likeness (QED) is 0.766. The number of rotatable bonds is 7. The number of nitrogens with one attached hydrogen (secondary N) is 2. The molecular weight excluding hydrogens is 284 g/mol. The first-order chi connectivity index (χ1) is 10.2. The molecule has 0 atom stereocenters. The van der Waals surface area contributed by atoms with E-state index in [0.717, 1.165) is 29.5 Å². The molecule has 1 heterocycles. The van der Waals surface area contributed by atoms with Crippen LogP contribution in [0.4, 0.5) is 11.8 Å². The van der Waals surface area contributed by atoms with Crippen molar-refractivity contribution in [3.8, 4) is 0 Å². The smallest absolute Gasteiger partial charge is 0.224 e. The monoisotopic (exact) mass is 302 g/mol. The van der Waals surface area contributed by atoms with Gasteiger partial charge in [0.15, 0.2) is 0 Å². The standard InChI is InChI=1S/C16H19ClN4/c1-3-9-18-15-11-12(2)20-16(21-15)19-10-8-13-4-6-14(17)7-5-13/h3-7,11H,1,8-10H2,2H3,(H2,18,19,20,21). The predicted molar refractivity (Wildman–Crippen MR) is 89.1 cm³/mol. The molecule has 0 amide bonds. The van der Waals surface area contributed by atoms with E-state index in [1.807, 2.05) is 37.3 Å². The van der Waals surface area contributed by atoms with Gasteiger partial charge in [-0.15, -0.1) is 6.58 Å². The third-order valence-corrected chi connectivity index (χ3v) is 3.14. The van der Waals surface area contributed by atoms with Gasteiger partial charge >= 0.3 is 0 Å². The second kappa shape index (κ2) is 7.64. The fourth-order valence-corrected chi connectivity index (χ4v) is 2.01. The van der Waals surface area contributed by atoms with Crippen molar-refractivity contribution in [3.63, 3.8) is 0 Å². The van der Waals surface area contributed by atoms with Crippen LogP contribution < -0.4 is 10.6 Å². The Kier molecular flexibility index (Phi) is 5.58. The van der Waals surface area contributed by atoms with Crippen LogP contribution in [0.5, 0.6) is 0 Å². The van der Waals surface area contributed by atoms with Crippen molar-refractivity contribution in [2.24, 2.45) is 0 Å². The molecule has 0 unspecified atom stereocenters. The van der Waals surface area contributed by atoms with Gasteiger partial charge in [0.25, 0.3) is 0 Å². The van der Waals surface area contributed by atoms with Crippen LogP contribution in [-0.2, 0) is 6.42 Å². The molecular formula is C16H19ClN4. The highest BCUT2D eigenvalue weighted by atomic mass is 35.5. The molecule has 0 saturated heterocycles. The van der Waals surface area contributed by atoms with E-state index >= 15 is 0 Å². The van der Waals surface area contributed by atoms with E-state index in [4.69, 9.17) is 11.6 Å². The Morgan fingerprint density at radius 3 is 2.67 bits per heavy atom.